The van der Waals surface area contributed by atoms with Crippen molar-refractivity contribution in [2.24, 2.45) is 0 Å². The van der Waals surface area contributed by atoms with E-state index in [1.54, 1.807) is 37.4 Å². The van der Waals surface area contributed by atoms with Crippen molar-refractivity contribution >= 4 is 11.9 Å². The highest BCUT2D eigenvalue weighted by Crippen LogP contribution is 2.18. The fourth-order valence-corrected chi connectivity index (χ4v) is 2.23. The summed E-state index contributed by atoms with van der Waals surface area (Å²) in [5, 5.41) is 0. The highest BCUT2D eigenvalue weighted by molar-refractivity contribution is 5.89. The topological polar surface area (TPSA) is 65.1 Å². The molecule has 0 unspecified atom stereocenters. The van der Waals surface area contributed by atoms with E-state index in [0.29, 0.717) is 16.9 Å². The van der Waals surface area contributed by atoms with Gasteiger partial charge >= 0.3 is 5.97 Å². The molecule has 0 aliphatic carbocycles. The fraction of sp³-hybridized carbons (Fsp3) is 0.263. The van der Waals surface area contributed by atoms with Crippen molar-refractivity contribution in [2.45, 2.75) is 6.54 Å². The molecule has 2 aromatic carbocycles. The lowest BCUT2D eigenvalue weighted by Crippen LogP contribution is -2.31. The molecule has 0 spiro atoms. The summed E-state index contributed by atoms with van der Waals surface area (Å²) < 4.78 is 28.6. The quantitative estimate of drug-likeness (QED) is 0.710. The van der Waals surface area contributed by atoms with Gasteiger partial charge in [0.1, 0.15) is 5.75 Å². The van der Waals surface area contributed by atoms with Gasteiger partial charge in [-0.25, -0.2) is 9.18 Å². The summed E-state index contributed by atoms with van der Waals surface area (Å²) in [6, 6.07) is 10.8. The zero-order chi connectivity index (χ0) is 19.1. The third-order valence-corrected chi connectivity index (χ3v) is 3.70. The minimum Gasteiger partial charge on any atom is -0.494 e. The fourth-order valence-electron chi connectivity index (χ4n) is 2.23. The molecule has 7 heteroatoms. The summed E-state index contributed by atoms with van der Waals surface area (Å²) in [6.07, 6.45) is 0. The number of halogens is 1. The van der Waals surface area contributed by atoms with Gasteiger partial charge in [0, 0.05) is 13.6 Å². The molecule has 0 aliphatic rings. The van der Waals surface area contributed by atoms with E-state index in [-0.39, 0.29) is 24.8 Å². The standard InChI is InChI=1S/C19H20FNO5/c1-21(11-13-4-9-17(24-2)16(20)10-13)18(22)12-26-15-7-5-14(6-8-15)19(23)25-3/h4-10H,11-12H2,1-3H3. The number of hydrogen-bond donors (Lipinski definition) is 0. The Balaban J connectivity index is 1.88. The molecular formula is C19H20FNO5. The molecule has 26 heavy (non-hydrogen) atoms. The third kappa shape index (κ3) is 4.95. The lowest BCUT2D eigenvalue weighted by atomic mass is 10.2. The smallest absolute Gasteiger partial charge is 0.337 e. The number of methoxy groups -OCH3 is 2. The van der Waals surface area contributed by atoms with Gasteiger partial charge in [0.2, 0.25) is 0 Å². The van der Waals surface area contributed by atoms with E-state index >= 15 is 0 Å². The predicted octanol–water partition coefficient (Wildman–Crippen LogP) is 2.66. The first kappa shape index (κ1) is 19.2. The number of hydrogen-bond acceptors (Lipinski definition) is 5. The van der Waals surface area contributed by atoms with Gasteiger partial charge in [-0.15, -0.1) is 0 Å². The van der Waals surface area contributed by atoms with Crippen LogP contribution in [0.1, 0.15) is 15.9 Å². The van der Waals surface area contributed by atoms with E-state index < -0.39 is 11.8 Å². The maximum Gasteiger partial charge on any atom is 0.337 e. The Morgan fingerprint density at radius 2 is 1.77 bits per heavy atom. The van der Waals surface area contributed by atoms with Crippen LogP contribution in [0.3, 0.4) is 0 Å². The summed E-state index contributed by atoms with van der Waals surface area (Å²) in [7, 11) is 4.30. The van der Waals surface area contributed by atoms with Crippen LogP contribution in [0.4, 0.5) is 4.39 Å². The first-order valence-electron chi connectivity index (χ1n) is 7.82. The summed E-state index contributed by atoms with van der Waals surface area (Å²) >= 11 is 0. The Bertz CT molecular complexity index is 776. The van der Waals surface area contributed by atoms with Crippen molar-refractivity contribution in [3.05, 3.63) is 59.4 Å². The van der Waals surface area contributed by atoms with Crippen molar-refractivity contribution in [1.29, 1.82) is 0 Å². The number of amides is 1. The normalized spacial score (nSPS) is 10.2. The average Bonchev–Trinajstić information content (AvgIpc) is 2.66. The number of nitrogens with zero attached hydrogens (tertiary/aromatic N) is 1. The molecule has 6 nitrogen and oxygen atoms in total. The average molecular weight is 361 g/mol. The van der Waals surface area contributed by atoms with E-state index in [0.717, 1.165) is 0 Å². The van der Waals surface area contributed by atoms with Gasteiger partial charge in [-0.2, -0.15) is 0 Å². The largest absolute Gasteiger partial charge is 0.494 e. The Hall–Kier alpha value is -3.09. The summed E-state index contributed by atoms with van der Waals surface area (Å²) in [6.45, 7) is 0.0666. The second-order valence-electron chi connectivity index (χ2n) is 5.52. The summed E-state index contributed by atoms with van der Waals surface area (Å²) in [5.74, 6) is -0.582. The van der Waals surface area contributed by atoms with E-state index in [2.05, 4.69) is 4.74 Å². The lowest BCUT2D eigenvalue weighted by molar-refractivity contribution is -0.132. The third-order valence-electron chi connectivity index (χ3n) is 3.70. The number of rotatable bonds is 7. The molecule has 1 amide bonds. The molecule has 0 aliphatic heterocycles. The van der Waals surface area contributed by atoms with Gasteiger partial charge in [-0.05, 0) is 42.0 Å². The SMILES string of the molecule is COC(=O)c1ccc(OCC(=O)N(C)Cc2ccc(OC)c(F)c2)cc1. The molecule has 0 heterocycles. The van der Waals surface area contributed by atoms with Crippen LogP contribution in [0.2, 0.25) is 0 Å². The summed E-state index contributed by atoms with van der Waals surface area (Å²) in [5.41, 5.74) is 1.03. The number of likely N-dealkylation sites (N-methyl/N-ethyl adjacent to an activating group) is 1. The van der Waals surface area contributed by atoms with Gasteiger partial charge in [0.15, 0.2) is 18.2 Å². The zero-order valence-corrected chi connectivity index (χ0v) is 14.8. The van der Waals surface area contributed by atoms with E-state index in [9.17, 15) is 14.0 Å². The van der Waals surface area contributed by atoms with Gasteiger partial charge < -0.3 is 19.1 Å². The number of ether oxygens (including phenoxy) is 3. The van der Waals surface area contributed by atoms with Crippen molar-refractivity contribution in [1.82, 2.24) is 4.90 Å². The highest BCUT2D eigenvalue weighted by atomic mass is 19.1. The molecule has 2 rings (SSSR count). The molecular weight excluding hydrogens is 341 g/mol. The summed E-state index contributed by atoms with van der Waals surface area (Å²) in [4.78, 5) is 25.0. The van der Waals surface area contributed by atoms with Gasteiger partial charge in [0.25, 0.3) is 5.91 Å². The van der Waals surface area contributed by atoms with Gasteiger partial charge in [0.05, 0.1) is 19.8 Å². The Kier molecular flexibility index (Phi) is 6.54. The molecule has 0 aromatic heterocycles. The van der Waals surface area contributed by atoms with Crippen LogP contribution in [0.15, 0.2) is 42.5 Å². The minimum atomic E-state index is -0.479. The molecule has 0 radical (unpaired) electrons. The van der Waals surface area contributed by atoms with Crippen molar-refractivity contribution in [2.75, 3.05) is 27.9 Å². The first-order valence-corrected chi connectivity index (χ1v) is 7.82. The number of carbonyl (C=O) groups excluding carboxylic acids is 2. The molecule has 0 bridgehead atoms. The molecule has 0 atom stereocenters. The monoisotopic (exact) mass is 361 g/mol. The molecule has 2 aromatic rings. The van der Waals surface area contributed by atoms with Crippen LogP contribution in [-0.2, 0) is 16.1 Å². The maximum atomic E-state index is 13.7. The second kappa shape index (κ2) is 8.84. The number of esters is 1. The highest BCUT2D eigenvalue weighted by Gasteiger charge is 2.12. The lowest BCUT2D eigenvalue weighted by Gasteiger charge is -2.18. The Morgan fingerprint density at radius 3 is 2.35 bits per heavy atom. The number of carbonyl (C=O) groups is 2. The molecule has 0 N–H and O–H groups in total. The van der Waals surface area contributed by atoms with Crippen LogP contribution in [-0.4, -0.2) is 44.7 Å². The van der Waals surface area contributed by atoms with Crippen molar-refractivity contribution < 1.29 is 28.2 Å². The molecule has 0 fully saturated rings. The number of benzene rings is 2. The van der Waals surface area contributed by atoms with Crippen LogP contribution >= 0.6 is 0 Å². The minimum absolute atomic E-state index is 0.154. The van der Waals surface area contributed by atoms with E-state index in [1.807, 2.05) is 0 Å². The molecule has 0 saturated heterocycles. The first-order chi connectivity index (χ1) is 12.4. The van der Waals surface area contributed by atoms with Crippen LogP contribution in [0.25, 0.3) is 0 Å². The molecule has 0 saturated carbocycles. The second-order valence-corrected chi connectivity index (χ2v) is 5.52. The van der Waals surface area contributed by atoms with Crippen LogP contribution < -0.4 is 9.47 Å². The van der Waals surface area contributed by atoms with Crippen LogP contribution in [0.5, 0.6) is 11.5 Å². The zero-order valence-electron chi connectivity index (χ0n) is 14.8. The van der Waals surface area contributed by atoms with Gasteiger partial charge in [-0.3, -0.25) is 4.79 Å². The van der Waals surface area contributed by atoms with Crippen LogP contribution in [0, 0.1) is 5.82 Å². The van der Waals surface area contributed by atoms with Crippen molar-refractivity contribution in [3.8, 4) is 11.5 Å². The predicted molar refractivity (Wildman–Crippen MR) is 92.7 cm³/mol. The Labute approximate surface area is 151 Å². The van der Waals surface area contributed by atoms with E-state index in [4.69, 9.17) is 9.47 Å². The molecule has 138 valence electrons. The van der Waals surface area contributed by atoms with Gasteiger partial charge in [-0.1, -0.05) is 6.07 Å². The van der Waals surface area contributed by atoms with E-state index in [1.165, 1.54) is 31.3 Å². The maximum absolute atomic E-state index is 13.7. The van der Waals surface area contributed by atoms with Crippen molar-refractivity contribution in [3.63, 3.8) is 0 Å². The Morgan fingerprint density at radius 1 is 1.08 bits per heavy atom.